The van der Waals surface area contributed by atoms with Gasteiger partial charge in [-0.2, -0.15) is 0 Å². The molecule has 4 rings (SSSR count). The smallest absolute Gasteiger partial charge is 0.264 e. The van der Waals surface area contributed by atoms with Gasteiger partial charge in [-0.1, -0.05) is 18.2 Å². The van der Waals surface area contributed by atoms with Crippen LogP contribution in [0.25, 0.3) is 20.8 Å². The predicted molar refractivity (Wildman–Crippen MR) is 135 cm³/mol. The Morgan fingerprint density at radius 2 is 1.61 bits per heavy atom. The molecule has 0 saturated carbocycles. The second-order valence-electron chi connectivity index (χ2n) is 6.85. The number of amides is 1. The summed E-state index contributed by atoms with van der Waals surface area (Å²) >= 11 is 7.00. The van der Waals surface area contributed by atoms with E-state index in [9.17, 15) is 4.79 Å². The number of nitrogens with zero attached hydrogens (tertiary/aromatic N) is 1. The minimum Gasteiger partial charge on any atom is -0.496 e. The molecule has 1 aromatic heterocycles. The van der Waals surface area contributed by atoms with E-state index in [1.54, 1.807) is 36.6 Å². The molecule has 33 heavy (non-hydrogen) atoms. The summed E-state index contributed by atoms with van der Waals surface area (Å²) in [5.74, 6) is 0.879. The Labute approximate surface area is 200 Å². The number of carbonyl (C=O) groups excluding carboxylic acids is 1. The van der Waals surface area contributed by atoms with Crippen molar-refractivity contribution >= 4 is 50.5 Å². The third-order valence-electron chi connectivity index (χ3n) is 4.87. The summed E-state index contributed by atoms with van der Waals surface area (Å²) in [7, 11) is 4.54. The second-order valence-corrected chi connectivity index (χ2v) is 8.29. The molecule has 0 aliphatic heterocycles. The van der Waals surface area contributed by atoms with E-state index in [4.69, 9.17) is 31.4 Å². The number of hydrogen-bond acceptors (Lipinski definition) is 7. The summed E-state index contributed by atoms with van der Waals surface area (Å²) in [4.78, 5) is 17.6. The van der Waals surface area contributed by atoms with Gasteiger partial charge in [0.1, 0.15) is 27.8 Å². The van der Waals surface area contributed by atoms with Gasteiger partial charge in [0.25, 0.3) is 5.91 Å². The molecule has 0 atom stereocenters. The lowest BCUT2D eigenvalue weighted by Crippen LogP contribution is -2.34. The first-order valence-electron chi connectivity index (χ1n) is 9.91. The third-order valence-corrected chi connectivity index (χ3v) is 6.16. The van der Waals surface area contributed by atoms with Crippen LogP contribution in [-0.4, -0.2) is 37.3 Å². The van der Waals surface area contributed by atoms with Crippen LogP contribution in [0.15, 0.2) is 60.7 Å². The zero-order valence-corrected chi connectivity index (χ0v) is 19.8. The Bertz CT molecular complexity index is 1280. The van der Waals surface area contributed by atoms with Crippen LogP contribution >= 0.6 is 23.6 Å². The average molecular weight is 480 g/mol. The fraction of sp³-hybridized carbons (Fsp3) is 0.125. The average Bonchev–Trinajstić information content (AvgIpc) is 3.27. The van der Waals surface area contributed by atoms with Crippen molar-refractivity contribution in [2.45, 2.75) is 0 Å². The number of benzene rings is 3. The first kappa shape index (κ1) is 22.5. The first-order valence-corrected chi connectivity index (χ1v) is 11.1. The molecule has 2 N–H and O–H groups in total. The van der Waals surface area contributed by atoms with Crippen LogP contribution in [0.2, 0.25) is 0 Å². The van der Waals surface area contributed by atoms with Crippen molar-refractivity contribution in [3.05, 3.63) is 66.2 Å². The lowest BCUT2D eigenvalue weighted by Gasteiger charge is -2.16. The highest BCUT2D eigenvalue weighted by Gasteiger charge is 2.20. The van der Waals surface area contributed by atoms with E-state index in [0.717, 1.165) is 20.8 Å². The largest absolute Gasteiger partial charge is 0.496 e. The number of fused-ring (bicyclic) bond motifs is 1. The van der Waals surface area contributed by atoms with Crippen LogP contribution in [0.4, 0.5) is 5.69 Å². The van der Waals surface area contributed by atoms with Gasteiger partial charge >= 0.3 is 0 Å². The van der Waals surface area contributed by atoms with Gasteiger partial charge in [-0.3, -0.25) is 10.1 Å². The molecule has 7 nitrogen and oxygen atoms in total. The van der Waals surface area contributed by atoms with Gasteiger partial charge < -0.3 is 19.5 Å². The molecule has 3 aromatic carbocycles. The number of anilines is 1. The maximum Gasteiger partial charge on any atom is 0.264 e. The maximum atomic E-state index is 12.9. The lowest BCUT2D eigenvalue weighted by atomic mass is 10.1. The van der Waals surface area contributed by atoms with E-state index in [1.165, 1.54) is 14.2 Å². The van der Waals surface area contributed by atoms with Gasteiger partial charge in [-0.15, -0.1) is 11.3 Å². The summed E-state index contributed by atoms with van der Waals surface area (Å²) in [6, 6.07) is 18.7. The van der Waals surface area contributed by atoms with Crippen molar-refractivity contribution in [2.24, 2.45) is 0 Å². The molecule has 0 unspecified atom stereocenters. The van der Waals surface area contributed by atoms with Gasteiger partial charge in [0.05, 0.1) is 37.2 Å². The number of methoxy groups -OCH3 is 3. The topological polar surface area (TPSA) is 81.7 Å². The van der Waals surface area contributed by atoms with Crippen LogP contribution in [-0.2, 0) is 0 Å². The Morgan fingerprint density at radius 1 is 0.909 bits per heavy atom. The highest BCUT2D eigenvalue weighted by Crippen LogP contribution is 2.35. The molecule has 0 aliphatic carbocycles. The second kappa shape index (κ2) is 9.85. The fourth-order valence-corrected chi connectivity index (χ4v) is 4.49. The number of nitrogens with one attached hydrogen (secondary N) is 2. The van der Waals surface area contributed by atoms with Crippen LogP contribution in [0.1, 0.15) is 10.4 Å². The third kappa shape index (κ3) is 4.74. The standard InChI is InChI=1S/C24H21N3O4S2/c1-29-17-12-11-14(23-25-15-7-4-5-10-20(15)33-23)13-16(17)26-24(32)27-22(28)21-18(30-2)8-6-9-19(21)31-3/h4-13H,1-3H3,(H2,26,27,28,32). The van der Waals surface area contributed by atoms with Crippen LogP contribution < -0.4 is 24.8 Å². The molecule has 0 spiro atoms. The molecule has 4 aromatic rings. The summed E-state index contributed by atoms with van der Waals surface area (Å²) in [6.07, 6.45) is 0. The van der Waals surface area contributed by atoms with E-state index in [1.807, 2.05) is 42.5 Å². The van der Waals surface area contributed by atoms with Crippen LogP contribution in [0.5, 0.6) is 17.2 Å². The first-order chi connectivity index (χ1) is 16.0. The minimum atomic E-state index is -0.455. The van der Waals surface area contributed by atoms with Crippen molar-refractivity contribution in [1.82, 2.24) is 10.3 Å². The molecule has 9 heteroatoms. The van der Waals surface area contributed by atoms with Crippen molar-refractivity contribution in [1.29, 1.82) is 0 Å². The summed E-state index contributed by atoms with van der Waals surface area (Å²) in [5, 5.41) is 6.71. The number of rotatable bonds is 6. The molecular weight excluding hydrogens is 458 g/mol. The van der Waals surface area contributed by atoms with Gasteiger partial charge in [-0.05, 0) is 54.7 Å². The highest BCUT2D eigenvalue weighted by atomic mass is 32.1. The van der Waals surface area contributed by atoms with E-state index in [2.05, 4.69) is 10.6 Å². The number of carbonyl (C=O) groups is 1. The minimum absolute atomic E-state index is 0.104. The van der Waals surface area contributed by atoms with E-state index >= 15 is 0 Å². The number of para-hydroxylation sites is 1. The Morgan fingerprint density at radius 3 is 2.27 bits per heavy atom. The maximum absolute atomic E-state index is 12.9. The molecule has 0 fully saturated rings. The van der Waals surface area contributed by atoms with Crippen molar-refractivity contribution < 1.29 is 19.0 Å². The fourth-order valence-electron chi connectivity index (χ4n) is 3.33. The molecule has 0 aliphatic rings. The normalized spacial score (nSPS) is 10.5. The zero-order chi connectivity index (χ0) is 23.4. The molecule has 1 amide bonds. The summed E-state index contributed by atoms with van der Waals surface area (Å²) in [5.41, 5.74) is 2.70. The molecule has 1 heterocycles. The van der Waals surface area contributed by atoms with Crippen molar-refractivity contribution in [3.63, 3.8) is 0 Å². The van der Waals surface area contributed by atoms with Crippen LogP contribution in [0.3, 0.4) is 0 Å². The molecular formula is C24H21N3O4S2. The Balaban J connectivity index is 1.58. The number of ether oxygens (including phenoxy) is 3. The number of hydrogen-bond donors (Lipinski definition) is 2. The molecule has 0 radical (unpaired) electrons. The van der Waals surface area contributed by atoms with Crippen molar-refractivity contribution in [3.8, 4) is 27.8 Å². The van der Waals surface area contributed by atoms with E-state index < -0.39 is 5.91 Å². The monoisotopic (exact) mass is 479 g/mol. The number of aromatic nitrogens is 1. The SMILES string of the molecule is COc1ccc(-c2nc3ccccc3s2)cc1NC(=S)NC(=O)c1c(OC)cccc1OC. The van der Waals surface area contributed by atoms with Gasteiger partial charge in [0, 0.05) is 5.56 Å². The molecule has 0 saturated heterocycles. The number of thiazole rings is 1. The lowest BCUT2D eigenvalue weighted by molar-refractivity contribution is 0.0971. The number of thiocarbonyl (C=S) groups is 1. The highest BCUT2D eigenvalue weighted by molar-refractivity contribution is 7.80. The predicted octanol–water partition coefficient (Wildman–Crippen LogP) is 5.12. The van der Waals surface area contributed by atoms with E-state index in [-0.39, 0.29) is 10.7 Å². The zero-order valence-electron chi connectivity index (χ0n) is 18.2. The van der Waals surface area contributed by atoms with Gasteiger partial charge in [-0.25, -0.2) is 4.98 Å². The quantitative estimate of drug-likeness (QED) is 0.372. The Hall–Kier alpha value is -3.69. The summed E-state index contributed by atoms with van der Waals surface area (Å²) in [6.45, 7) is 0. The van der Waals surface area contributed by atoms with Gasteiger partial charge in [0.15, 0.2) is 5.11 Å². The van der Waals surface area contributed by atoms with E-state index in [0.29, 0.717) is 22.9 Å². The molecule has 168 valence electrons. The summed E-state index contributed by atoms with van der Waals surface area (Å²) < 4.78 is 17.2. The Kier molecular flexibility index (Phi) is 6.71. The van der Waals surface area contributed by atoms with Crippen molar-refractivity contribution in [2.75, 3.05) is 26.6 Å². The van der Waals surface area contributed by atoms with Gasteiger partial charge in [0.2, 0.25) is 0 Å². The van der Waals surface area contributed by atoms with Crippen LogP contribution in [0, 0.1) is 0 Å². The molecule has 0 bridgehead atoms.